The Hall–Kier alpha value is -2.66. The molecule has 9 nitrogen and oxygen atoms in total. The quantitative estimate of drug-likeness (QED) is 0.449. The fourth-order valence-electron chi connectivity index (χ4n) is 8.65. The van der Waals surface area contributed by atoms with Crippen molar-refractivity contribution in [1.29, 1.82) is 0 Å². The number of Topliss-reactive ketones (excluding diaryl/α,β-unsaturated/α-hetero) is 1. The molecule has 3 aliphatic heterocycles. The van der Waals surface area contributed by atoms with Gasteiger partial charge in [-0.05, 0) is 98.7 Å². The standard InChI is InChI=1S/C36H46ClN3O6S/c1-23-16-29(39-12-14-45-15-13-39)19-33(41)30-8-5-27(30)20-40-21-36(11-3-4-25-17-28(37)7-9-31(25)36)22-46-34-10-6-26(18-32(34)40)35(42)38-47(43,44)24(23)2/h6-7,9-10,17-18,23-24,27,29-30H,3-5,8,11-16,19-22H2,1-2H3,(H,38,42)/t23-,24+,27-,29?,30+,36-/m0/s1. The van der Waals surface area contributed by atoms with Gasteiger partial charge in [-0.25, -0.2) is 13.1 Å². The normalized spacial score (nSPS) is 33.1. The second-order valence-corrected chi connectivity index (χ2v) is 17.1. The third-order valence-electron chi connectivity index (χ3n) is 11.8. The van der Waals surface area contributed by atoms with E-state index in [0.717, 1.165) is 55.9 Å². The van der Waals surface area contributed by atoms with E-state index in [1.54, 1.807) is 25.1 Å². The predicted molar refractivity (Wildman–Crippen MR) is 182 cm³/mol. The Balaban J connectivity index is 1.27. The van der Waals surface area contributed by atoms with E-state index in [9.17, 15) is 18.0 Å². The van der Waals surface area contributed by atoms with E-state index in [1.165, 1.54) is 11.1 Å². The summed E-state index contributed by atoms with van der Waals surface area (Å²) in [6.07, 6.45) is 5.70. The van der Waals surface area contributed by atoms with Crippen molar-refractivity contribution in [2.45, 2.75) is 75.5 Å². The van der Waals surface area contributed by atoms with Gasteiger partial charge in [-0.3, -0.25) is 14.5 Å². The number of hydrogen-bond donors (Lipinski definition) is 1. The number of carbonyl (C=O) groups excluding carboxylic acids is 2. The maximum atomic E-state index is 14.1. The zero-order valence-electron chi connectivity index (χ0n) is 27.4. The van der Waals surface area contributed by atoms with Gasteiger partial charge in [0.05, 0.1) is 30.8 Å². The first-order valence-electron chi connectivity index (χ1n) is 17.2. The van der Waals surface area contributed by atoms with E-state index >= 15 is 0 Å². The van der Waals surface area contributed by atoms with Crippen molar-refractivity contribution in [3.05, 3.63) is 58.1 Å². The van der Waals surface area contributed by atoms with Crippen LogP contribution in [-0.2, 0) is 31.4 Å². The fraction of sp³-hybridized carbons (Fsp3) is 0.611. The highest BCUT2D eigenvalue weighted by Crippen LogP contribution is 2.46. The van der Waals surface area contributed by atoms with Crippen LogP contribution in [0.3, 0.4) is 0 Å². The number of fused-ring (bicyclic) bond motifs is 4. The summed E-state index contributed by atoms with van der Waals surface area (Å²) in [5.74, 6) is 0.165. The van der Waals surface area contributed by atoms with Gasteiger partial charge in [-0.1, -0.05) is 24.6 Å². The molecule has 6 atom stereocenters. The first-order valence-corrected chi connectivity index (χ1v) is 19.2. The summed E-state index contributed by atoms with van der Waals surface area (Å²) in [5.41, 5.74) is 3.24. The third kappa shape index (κ3) is 6.43. The first kappa shape index (κ1) is 32.9. The number of nitrogens with zero attached hydrogens (tertiary/aromatic N) is 2. The van der Waals surface area contributed by atoms with E-state index in [1.807, 2.05) is 13.0 Å². The zero-order chi connectivity index (χ0) is 32.9. The lowest BCUT2D eigenvalue weighted by Gasteiger charge is -2.45. The zero-order valence-corrected chi connectivity index (χ0v) is 29.0. The number of hydrogen-bond acceptors (Lipinski definition) is 8. The number of nitrogens with one attached hydrogen (secondary N) is 1. The van der Waals surface area contributed by atoms with Crippen LogP contribution < -0.4 is 14.4 Å². The molecule has 2 fully saturated rings. The van der Waals surface area contributed by atoms with Crippen molar-refractivity contribution in [2.24, 2.45) is 17.8 Å². The molecule has 11 heteroatoms. The fourth-order valence-corrected chi connectivity index (χ4v) is 10.1. The predicted octanol–water partition coefficient (Wildman–Crippen LogP) is 4.99. The molecule has 1 saturated carbocycles. The van der Waals surface area contributed by atoms with Gasteiger partial charge in [0, 0.05) is 60.6 Å². The Morgan fingerprint density at radius 3 is 2.62 bits per heavy atom. The van der Waals surface area contributed by atoms with Crippen LogP contribution in [-0.4, -0.2) is 82.3 Å². The minimum absolute atomic E-state index is 0.0459. The van der Waals surface area contributed by atoms with Crippen LogP contribution in [0.4, 0.5) is 5.69 Å². The molecule has 47 heavy (non-hydrogen) atoms. The molecule has 2 aromatic carbocycles. The number of rotatable bonds is 1. The van der Waals surface area contributed by atoms with Gasteiger partial charge in [0.2, 0.25) is 10.0 Å². The Labute approximate surface area is 283 Å². The molecule has 1 amide bonds. The summed E-state index contributed by atoms with van der Waals surface area (Å²) >= 11 is 6.43. The van der Waals surface area contributed by atoms with Gasteiger partial charge in [-0.15, -0.1) is 0 Å². The van der Waals surface area contributed by atoms with Gasteiger partial charge in [0.25, 0.3) is 5.91 Å². The molecule has 5 aliphatic rings. The molecular formula is C36H46ClN3O6S. The number of carbonyl (C=O) groups is 2. The van der Waals surface area contributed by atoms with E-state index in [4.69, 9.17) is 21.1 Å². The summed E-state index contributed by atoms with van der Waals surface area (Å²) in [7, 11) is -4.00. The molecule has 2 aromatic rings. The van der Waals surface area contributed by atoms with Crippen LogP contribution in [0.25, 0.3) is 0 Å². The number of anilines is 1. The molecule has 0 aromatic heterocycles. The van der Waals surface area contributed by atoms with E-state index < -0.39 is 21.2 Å². The maximum Gasteiger partial charge on any atom is 0.264 e. The molecule has 1 N–H and O–H groups in total. The molecule has 1 saturated heterocycles. The highest BCUT2D eigenvalue weighted by Gasteiger charge is 2.45. The number of amides is 1. The lowest BCUT2D eigenvalue weighted by Crippen LogP contribution is -2.50. The minimum atomic E-state index is -4.00. The molecule has 254 valence electrons. The van der Waals surface area contributed by atoms with Gasteiger partial charge in [0.1, 0.15) is 11.5 Å². The number of ether oxygens (including phenoxy) is 2. The minimum Gasteiger partial charge on any atom is -0.490 e. The van der Waals surface area contributed by atoms with Crippen LogP contribution in [0.1, 0.15) is 73.9 Å². The van der Waals surface area contributed by atoms with Gasteiger partial charge >= 0.3 is 0 Å². The largest absolute Gasteiger partial charge is 0.490 e. The van der Waals surface area contributed by atoms with Crippen molar-refractivity contribution in [1.82, 2.24) is 9.62 Å². The molecular weight excluding hydrogens is 638 g/mol. The van der Waals surface area contributed by atoms with Crippen LogP contribution in [0.2, 0.25) is 5.02 Å². The second kappa shape index (κ2) is 13.0. The van der Waals surface area contributed by atoms with Crippen molar-refractivity contribution in [3.8, 4) is 5.75 Å². The molecule has 1 spiro atoms. The van der Waals surface area contributed by atoms with Crippen LogP contribution in [0.5, 0.6) is 5.75 Å². The van der Waals surface area contributed by atoms with Gasteiger partial charge in [-0.2, -0.15) is 0 Å². The third-order valence-corrected chi connectivity index (χ3v) is 13.9. The summed E-state index contributed by atoms with van der Waals surface area (Å²) in [6, 6.07) is 11.3. The summed E-state index contributed by atoms with van der Waals surface area (Å²) in [6.45, 7) is 8.02. The lowest BCUT2D eigenvalue weighted by atomic mass is 9.68. The Kier molecular flexibility index (Phi) is 9.08. The van der Waals surface area contributed by atoms with Gasteiger partial charge < -0.3 is 14.4 Å². The molecule has 2 aliphatic carbocycles. The van der Waals surface area contributed by atoms with Crippen molar-refractivity contribution < 1.29 is 27.5 Å². The first-order chi connectivity index (χ1) is 22.5. The highest BCUT2D eigenvalue weighted by molar-refractivity contribution is 7.90. The average molecular weight is 684 g/mol. The smallest absolute Gasteiger partial charge is 0.264 e. The van der Waals surface area contributed by atoms with Gasteiger partial charge in [0.15, 0.2) is 0 Å². The summed E-state index contributed by atoms with van der Waals surface area (Å²) in [4.78, 5) is 32.3. The molecule has 7 rings (SSSR count). The topological polar surface area (TPSA) is 105 Å². The van der Waals surface area contributed by atoms with E-state index in [0.29, 0.717) is 51.5 Å². The average Bonchev–Trinajstić information content (AvgIpc) is 3.18. The number of aryl methyl sites for hydroxylation is 1. The van der Waals surface area contributed by atoms with Crippen molar-refractivity contribution >= 4 is 39.0 Å². The molecule has 2 bridgehead atoms. The Bertz CT molecular complexity index is 1640. The Morgan fingerprint density at radius 2 is 1.85 bits per heavy atom. The number of ketones is 1. The maximum absolute atomic E-state index is 14.1. The number of halogens is 1. The van der Waals surface area contributed by atoms with Crippen molar-refractivity contribution in [2.75, 3.05) is 50.9 Å². The SMILES string of the molecule is C[C@@H]1[C@@H](C)CC(N2CCOCC2)CC(=O)[C@@H]2CC[C@H]2CN2C[C@@]3(CCCc4cc(Cl)ccc43)COc3ccc(cc32)C(=O)NS1(=O)=O. The molecule has 0 radical (unpaired) electrons. The van der Waals surface area contributed by atoms with Crippen LogP contribution >= 0.6 is 11.6 Å². The Morgan fingerprint density at radius 1 is 1.04 bits per heavy atom. The second-order valence-electron chi connectivity index (χ2n) is 14.6. The lowest BCUT2D eigenvalue weighted by molar-refractivity contribution is -0.129. The number of sulfonamides is 1. The molecule has 1 unspecified atom stereocenters. The number of benzene rings is 2. The van der Waals surface area contributed by atoms with Crippen molar-refractivity contribution in [3.63, 3.8) is 0 Å². The van der Waals surface area contributed by atoms with Crippen LogP contribution in [0, 0.1) is 17.8 Å². The van der Waals surface area contributed by atoms with Crippen LogP contribution in [0.15, 0.2) is 36.4 Å². The summed E-state index contributed by atoms with van der Waals surface area (Å²) < 4.78 is 41.7. The van der Waals surface area contributed by atoms with E-state index in [2.05, 4.69) is 26.7 Å². The monoisotopic (exact) mass is 683 g/mol. The summed E-state index contributed by atoms with van der Waals surface area (Å²) in [5, 5.41) is -0.0981. The molecule has 3 heterocycles. The van der Waals surface area contributed by atoms with E-state index in [-0.39, 0.29) is 40.6 Å². The highest BCUT2D eigenvalue weighted by atomic mass is 35.5. The number of morpholine rings is 1.